The van der Waals surface area contributed by atoms with Gasteiger partial charge in [-0.25, -0.2) is 19.0 Å². The molecule has 37 heavy (non-hydrogen) atoms. The van der Waals surface area contributed by atoms with Gasteiger partial charge in [-0.3, -0.25) is 5.41 Å². The Kier molecular flexibility index (Phi) is 7.30. The molecule has 4 aromatic rings. The van der Waals surface area contributed by atoms with Crippen LogP contribution in [0.3, 0.4) is 0 Å². The topological polar surface area (TPSA) is 130 Å². The number of rotatable bonds is 6. The summed E-state index contributed by atoms with van der Waals surface area (Å²) in [7, 11) is 0. The van der Waals surface area contributed by atoms with E-state index in [1.807, 2.05) is 67.2 Å². The van der Waals surface area contributed by atoms with Crippen molar-refractivity contribution in [2.75, 3.05) is 5.32 Å². The Morgan fingerprint density at radius 1 is 1.03 bits per heavy atom. The lowest BCUT2D eigenvalue weighted by atomic mass is 10.1. The number of amidine groups is 2. The Hall–Kier alpha value is -4.18. The zero-order chi connectivity index (χ0) is 25.4. The molecule has 0 unspecified atom stereocenters. The van der Waals surface area contributed by atoms with Crippen molar-refractivity contribution in [1.29, 1.82) is 5.41 Å². The number of nitrogens with zero attached hydrogens (tertiary/aromatic N) is 6. The Balaban J connectivity index is 0.00000320. The molecule has 5 heterocycles. The quantitative estimate of drug-likeness (QED) is 0.336. The minimum absolute atomic E-state index is 0. The summed E-state index contributed by atoms with van der Waals surface area (Å²) in [5.41, 5.74) is 10.6. The second-order valence-electron chi connectivity index (χ2n) is 9.34. The fraction of sp³-hybridized carbons (Fsp3) is 0.269. The number of aliphatic imine (C=N–C) groups is 2. The molecule has 0 aromatic carbocycles. The van der Waals surface area contributed by atoms with Gasteiger partial charge in [0, 0.05) is 12.4 Å². The predicted molar refractivity (Wildman–Crippen MR) is 150 cm³/mol. The van der Waals surface area contributed by atoms with Gasteiger partial charge in [0.05, 0.1) is 34.2 Å². The molecule has 11 heteroatoms. The smallest absolute Gasteiger partial charge is 0.258 e. The van der Waals surface area contributed by atoms with Crippen LogP contribution in [0.2, 0.25) is 0 Å². The van der Waals surface area contributed by atoms with E-state index in [0.29, 0.717) is 34.9 Å². The number of pyridine rings is 2. The number of aromatic nitrogens is 4. The summed E-state index contributed by atoms with van der Waals surface area (Å²) >= 11 is 0. The van der Waals surface area contributed by atoms with E-state index in [9.17, 15) is 0 Å². The molecule has 4 aromatic heterocycles. The lowest BCUT2D eigenvalue weighted by Gasteiger charge is -2.16. The summed E-state index contributed by atoms with van der Waals surface area (Å²) < 4.78 is 9.48. The molecule has 0 amide bonds. The zero-order valence-electron chi connectivity index (χ0n) is 21.1. The maximum absolute atomic E-state index is 8.52. The Labute approximate surface area is 220 Å². The van der Waals surface area contributed by atoms with E-state index in [2.05, 4.69) is 29.3 Å². The highest BCUT2D eigenvalue weighted by atomic mass is 35.5. The molecule has 0 saturated heterocycles. The number of hydrogen-bond acceptors (Lipinski definition) is 7. The van der Waals surface area contributed by atoms with E-state index in [0.717, 1.165) is 28.8 Å². The molecular formula is C26H30ClN9O. The summed E-state index contributed by atoms with van der Waals surface area (Å²) in [6.07, 6.45) is 5.98. The van der Waals surface area contributed by atoms with E-state index < -0.39 is 0 Å². The monoisotopic (exact) mass is 519 g/mol. The molecular weight excluding hydrogens is 490 g/mol. The predicted octanol–water partition coefficient (Wildman–Crippen LogP) is 4.81. The number of ether oxygens (including phenoxy) is 1. The van der Waals surface area contributed by atoms with Gasteiger partial charge in [-0.15, -0.1) is 17.5 Å². The van der Waals surface area contributed by atoms with Gasteiger partial charge in [-0.1, -0.05) is 26.0 Å². The highest BCUT2D eigenvalue weighted by molar-refractivity contribution is 6.52. The van der Waals surface area contributed by atoms with Crippen molar-refractivity contribution in [3.63, 3.8) is 0 Å². The van der Waals surface area contributed by atoms with Crippen LogP contribution in [-0.4, -0.2) is 42.7 Å². The SMILES string of the molecule is CC(C)Cc1nn2ccccc2c1N=C1N=C(Nc2c(OC(C)C)nn3ccccc23)C(=N)C=C1N.Cl. The van der Waals surface area contributed by atoms with Crippen LogP contribution >= 0.6 is 12.4 Å². The molecule has 0 radical (unpaired) electrons. The molecule has 1 aliphatic rings. The van der Waals surface area contributed by atoms with Crippen molar-refractivity contribution in [1.82, 2.24) is 19.2 Å². The maximum atomic E-state index is 8.52. The van der Waals surface area contributed by atoms with Gasteiger partial charge in [0.25, 0.3) is 5.88 Å². The van der Waals surface area contributed by atoms with Gasteiger partial charge >= 0.3 is 0 Å². The normalized spacial score (nSPS) is 14.9. The van der Waals surface area contributed by atoms with Crippen molar-refractivity contribution < 1.29 is 4.74 Å². The van der Waals surface area contributed by atoms with Crippen molar-refractivity contribution in [3.8, 4) is 5.88 Å². The van der Waals surface area contributed by atoms with Crippen LogP contribution in [0.25, 0.3) is 11.0 Å². The molecule has 0 fully saturated rings. The summed E-state index contributed by atoms with van der Waals surface area (Å²) in [5, 5.41) is 21.0. The van der Waals surface area contributed by atoms with Gasteiger partial charge in [-0.05, 0) is 56.5 Å². The third-order valence-corrected chi connectivity index (χ3v) is 5.53. The van der Waals surface area contributed by atoms with E-state index in [4.69, 9.17) is 26.0 Å². The summed E-state index contributed by atoms with van der Waals surface area (Å²) in [6, 6.07) is 11.6. The third-order valence-electron chi connectivity index (χ3n) is 5.53. The second kappa shape index (κ2) is 10.4. The molecule has 192 valence electrons. The molecule has 10 nitrogen and oxygen atoms in total. The van der Waals surface area contributed by atoms with Crippen molar-refractivity contribution in [2.45, 2.75) is 40.2 Å². The van der Waals surface area contributed by atoms with Crippen LogP contribution in [0.1, 0.15) is 33.4 Å². The number of nitrogens with one attached hydrogen (secondary N) is 2. The highest BCUT2D eigenvalue weighted by Crippen LogP contribution is 2.31. The van der Waals surface area contributed by atoms with Crippen LogP contribution in [0.15, 0.2) is 70.5 Å². The molecule has 0 aliphatic carbocycles. The first-order chi connectivity index (χ1) is 17.3. The summed E-state index contributed by atoms with van der Waals surface area (Å²) in [5.74, 6) is 1.45. The van der Waals surface area contributed by atoms with Gasteiger partial charge in [0.2, 0.25) is 0 Å². The van der Waals surface area contributed by atoms with Crippen molar-refractivity contribution in [2.24, 2.45) is 21.6 Å². The number of dihydropyridines is 1. The Morgan fingerprint density at radius 2 is 1.70 bits per heavy atom. The van der Waals surface area contributed by atoms with E-state index >= 15 is 0 Å². The zero-order valence-corrected chi connectivity index (χ0v) is 22.0. The lowest BCUT2D eigenvalue weighted by Crippen LogP contribution is -2.29. The Morgan fingerprint density at radius 3 is 2.38 bits per heavy atom. The first-order valence-corrected chi connectivity index (χ1v) is 11.9. The average Bonchev–Trinajstić information content (AvgIpc) is 3.33. The van der Waals surface area contributed by atoms with Gasteiger partial charge < -0.3 is 15.8 Å². The number of anilines is 1. The molecule has 0 spiro atoms. The van der Waals surface area contributed by atoms with Crippen LogP contribution < -0.4 is 15.8 Å². The minimum Gasteiger partial charge on any atom is -0.472 e. The lowest BCUT2D eigenvalue weighted by molar-refractivity contribution is 0.233. The second-order valence-corrected chi connectivity index (χ2v) is 9.34. The maximum Gasteiger partial charge on any atom is 0.258 e. The number of nitrogens with two attached hydrogens (primary N) is 1. The van der Waals surface area contributed by atoms with Gasteiger partial charge in [0.1, 0.15) is 11.4 Å². The molecule has 5 rings (SSSR count). The fourth-order valence-corrected chi connectivity index (χ4v) is 4.01. The highest BCUT2D eigenvalue weighted by Gasteiger charge is 2.23. The van der Waals surface area contributed by atoms with Crippen LogP contribution in [0.5, 0.6) is 5.88 Å². The van der Waals surface area contributed by atoms with E-state index in [1.54, 1.807) is 10.6 Å². The molecule has 4 N–H and O–H groups in total. The first kappa shape index (κ1) is 25.9. The largest absolute Gasteiger partial charge is 0.472 e. The molecule has 0 saturated carbocycles. The minimum atomic E-state index is -0.0779. The average molecular weight is 520 g/mol. The summed E-state index contributed by atoms with van der Waals surface area (Å²) in [6.45, 7) is 8.16. The van der Waals surface area contributed by atoms with E-state index in [1.165, 1.54) is 0 Å². The van der Waals surface area contributed by atoms with Crippen LogP contribution in [-0.2, 0) is 6.42 Å². The molecule has 0 bridgehead atoms. The number of hydrogen-bond donors (Lipinski definition) is 3. The number of halogens is 1. The fourth-order valence-electron chi connectivity index (χ4n) is 4.01. The van der Waals surface area contributed by atoms with Crippen LogP contribution in [0.4, 0.5) is 11.4 Å². The van der Waals surface area contributed by atoms with E-state index in [-0.39, 0.29) is 24.2 Å². The van der Waals surface area contributed by atoms with Crippen molar-refractivity contribution in [3.05, 3.63) is 66.3 Å². The number of fused-ring (bicyclic) bond motifs is 2. The van der Waals surface area contributed by atoms with Crippen molar-refractivity contribution >= 4 is 52.2 Å². The molecule has 1 aliphatic heterocycles. The van der Waals surface area contributed by atoms with Gasteiger partial charge in [0.15, 0.2) is 11.7 Å². The third kappa shape index (κ3) is 5.19. The standard InChI is InChI=1S/C26H29N9O.ClH/c1-15(2)13-19-22(20-9-5-7-11-34(20)32-19)29-24-17(27)14-18(28)25(31-24)30-23-21-10-6-8-12-35(21)33-26(23)36-16(3)4;/h5-12,14-16,28H,13,27H2,1-4H3,(H,29,30,31);1H. The summed E-state index contributed by atoms with van der Waals surface area (Å²) in [4.78, 5) is 9.51. The van der Waals surface area contributed by atoms with Crippen LogP contribution in [0, 0.1) is 11.3 Å². The van der Waals surface area contributed by atoms with Gasteiger partial charge in [-0.2, -0.15) is 5.10 Å². The Bertz CT molecular complexity index is 1560. The molecule has 0 atom stereocenters. The first-order valence-electron chi connectivity index (χ1n) is 11.9.